The molecule has 1 nitrogen and oxygen atoms in total. The van der Waals surface area contributed by atoms with Crippen LogP contribution in [0.4, 0.5) is 4.39 Å². The normalized spacial score (nSPS) is 22.4. The van der Waals surface area contributed by atoms with Gasteiger partial charge in [0.1, 0.15) is 5.82 Å². The van der Waals surface area contributed by atoms with Crippen molar-refractivity contribution in [3.8, 4) is 0 Å². The first-order chi connectivity index (χ1) is 8.22. The van der Waals surface area contributed by atoms with Gasteiger partial charge in [0, 0.05) is 39.1 Å². The topological polar surface area (TPSA) is 12.0 Å². The van der Waals surface area contributed by atoms with Crippen LogP contribution in [0.5, 0.6) is 0 Å². The van der Waals surface area contributed by atoms with Crippen molar-refractivity contribution in [3.63, 3.8) is 0 Å². The first kappa shape index (κ1) is 13.5. The Kier molecular flexibility index (Phi) is 5.03. The van der Waals surface area contributed by atoms with Gasteiger partial charge in [0.2, 0.25) is 0 Å². The van der Waals surface area contributed by atoms with E-state index in [9.17, 15) is 4.39 Å². The molecule has 1 aliphatic heterocycles. The van der Waals surface area contributed by atoms with Crippen LogP contribution in [0.2, 0.25) is 5.02 Å². The highest BCUT2D eigenvalue weighted by atomic mass is 35.5. The average molecular weight is 292 g/mol. The summed E-state index contributed by atoms with van der Waals surface area (Å²) in [6, 6.07) is 5.00. The van der Waals surface area contributed by atoms with Crippen LogP contribution in [-0.2, 0) is 0 Å². The number of hydrogen-bond donors (Lipinski definition) is 1. The number of rotatable bonds is 3. The molecule has 1 heterocycles. The molecule has 0 bridgehead atoms. The van der Waals surface area contributed by atoms with Gasteiger partial charge >= 0.3 is 0 Å². The summed E-state index contributed by atoms with van der Waals surface area (Å²) in [5.41, 5.74) is 0.719. The number of thioether (sulfide) groups is 2. The second-order valence-corrected chi connectivity index (χ2v) is 6.85. The quantitative estimate of drug-likeness (QED) is 0.914. The Morgan fingerprint density at radius 1 is 1.47 bits per heavy atom. The van der Waals surface area contributed by atoms with E-state index in [1.54, 1.807) is 12.1 Å². The number of nitrogens with one attached hydrogen (secondary N) is 1. The van der Waals surface area contributed by atoms with Gasteiger partial charge in [0.25, 0.3) is 0 Å². The summed E-state index contributed by atoms with van der Waals surface area (Å²) in [4.78, 5) is 0. The number of benzene rings is 1. The SMILES string of the molecule is CNC(c1ccc(Cl)cc1F)C1CSCCS1. The zero-order valence-corrected chi connectivity index (χ0v) is 12.0. The molecule has 1 N–H and O–H groups in total. The zero-order chi connectivity index (χ0) is 12.3. The molecule has 17 heavy (non-hydrogen) atoms. The second-order valence-electron chi connectivity index (χ2n) is 3.92. The minimum atomic E-state index is -0.215. The molecule has 0 aromatic heterocycles. The minimum absolute atomic E-state index is 0.0602. The van der Waals surface area contributed by atoms with E-state index in [2.05, 4.69) is 5.32 Å². The maximum absolute atomic E-state index is 13.9. The van der Waals surface area contributed by atoms with Crippen molar-refractivity contribution in [1.29, 1.82) is 0 Å². The van der Waals surface area contributed by atoms with Gasteiger partial charge in [-0.1, -0.05) is 17.7 Å². The summed E-state index contributed by atoms with van der Waals surface area (Å²) in [5, 5.41) is 4.11. The van der Waals surface area contributed by atoms with Gasteiger partial charge in [-0.15, -0.1) is 0 Å². The van der Waals surface area contributed by atoms with Crippen molar-refractivity contribution < 1.29 is 4.39 Å². The number of hydrogen-bond acceptors (Lipinski definition) is 3. The maximum atomic E-state index is 13.9. The minimum Gasteiger partial charge on any atom is -0.312 e. The van der Waals surface area contributed by atoms with E-state index in [0.717, 1.165) is 17.1 Å². The van der Waals surface area contributed by atoms with Gasteiger partial charge in [0.15, 0.2) is 0 Å². The van der Waals surface area contributed by atoms with Crippen LogP contribution in [0.25, 0.3) is 0 Å². The molecule has 0 saturated carbocycles. The van der Waals surface area contributed by atoms with Crippen molar-refractivity contribution in [2.45, 2.75) is 11.3 Å². The Morgan fingerprint density at radius 2 is 2.29 bits per heavy atom. The summed E-state index contributed by atoms with van der Waals surface area (Å²) in [5.74, 6) is 3.19. The molecule has 1 aliphatic rings. The van der Waals surface area contributed by atoms with Crippen molar-refractivity contribution in [2.24, 2.45) is 0 Å². The Bertz CT molecular complexity index is 383. The van der Waals surface area contributed by atoms with E-state index >= 15 is 0 Å². The Balaban J connectivity index is 2.21. The van der Waals surface area contributed by atoms with Crippen molar-refractivity contribution in [1.82, 2.24) is 5.32 Å². The molecule has 2 atom stereocenters. The lowest BCUT2D eigenvalue weighted by atomic mass is 10.0. The van der Waals surface area contributed by atoms with E-state index < -0.39 is 0 Å². The van der Waals surface area contributed by atoms with E-state index in [0.29, 0.717) is 10.3 Å². The summed E-state index contributed by atoms with van der Waals surface area (Å²) < 4.78 is 13.9. The van der Waals surface area contributed by atoms with Gasteiger partial charge in [-0.05, 0) is 19.2 Å². The first-order valence-corrected chi connectivity index (χ1v) is 8.12. The highest BCUT2D eigenvalue weighted by molar-refractivity contribution is 8.06. The molecule has 1 fully saturated rings. The Labute approximate surface area is 115 Å². The highest BCUT2D eigenvalue weighted by Gasteiger charge is 2.26. The molecule has 5 heteroatoms. The van der Waals surface area contributed by atoms with Crippen LogP contribution in [0.3, 0.4) is 0 Å². The van der Waals surface area contributed by atoms with Gasteiger partial charge in [0.05, 0.1) is 0 Å². The standard InChI is InChI=1S/C12H15ClFNS2/c1-15-12(11-7-16-4-5-17-11)9-3-2-8(13)6-10(9)14/h2-3,6,11-12,15H,4-5,7H2,1H3. The van der Waals surface area contributed by atoms with Crippen molar-refractivity contribution >= 4 is 35.1 Å². The zero-order valence-electron chi connectivity index (χ0n) is 9.58. The maximum Gasteiger partial charge on any atom is 0.129 e. The summed E-state index contributed by atoms with van der Waals surface area (Å²) >= 11 is 9.64. The fraction of sp³-hybridized carbons (Fsp3) is 0.500. The lowest BCUT2D eigenvalue weighted by Crippen LogP contribution is -2.32. The third-order valence-electron chi connectivity index (χ3n) is 2.82. The Hall–Kier alpha value is 0.1000. The molecule has 1 aromatic rings. The van der Waals surface area contributed by atoms with Gasteiger partial charge < -0.3 is 5.32 Å². The summed E-state index contributed by atoms with van der Waals surface area (Å²) in [6.45, 7) is 0. The molecule has 2 rings (SSSR count). The molecule has 1 saturated heterocycles. The van der Waals surface area contributed by atoms with Gasteiger partial charge in [-0.2, -0.15) is 23.5 Å². The van der Waals surface area contributed by atoms with Crippen LogP contribution in [0.15, 0.2) is 18.2 Å². The fourth-order valence-corrected chi connectivity index (χ4v) is 5.05. The molecule has 2 unspecified atom stereocenters. The Morgan fingerprint density at radius 3 is 2.88 bits per heavy atom. The molecule has 94 valence electrons. The smallest absolute Gasteiger partial charge is 0.129 e. The van der Waals surface area contributed by atoms with Crippen LogP contribution in [0.1, 0.15) is 11.6 Å². The third-order valence-corrected chi connectivity index (χ3v) is 5.92. The van der Waals surface area contributed by atoms with Crippen LogP contribution < -0.4 is 5.32 Å². The van der Waals surface area contributed by atoms with Crippen LogP contribution >= 0.6 is 35.1 Å². The van der Waals surface area contributed by atoms with Crippen molar-refractivity contribution in [3.05, 3.63) is 34.6 Å². The third kappa shape index (κ3) is 3.31. The van der Waals surface area contributed by atoms with E-state index in [1.165, 1.54) is 11.8 Å². The molecule has 1 aromatic carbocycles. The molecule has 0 spiro atoms. The van der Waals surface area contributed by atoms with Crippen LogP contribution in [-0.4, -0.2) is 29.6 Å². The lowest BCUT2D eigenvalue weighted by molar-refractivity contribution is 0.534. The number of halogens is 2. The summed E-state index contributed by atoms with van der Waals surface area (Å²) in [6.07, 6.45) is 0. The van der Waals surface area contributed by atoms with Crippen LogP contribution in [0, 0.1) is 5.82 Å². The molecule has 0 radical (unpaired) electrons. The molecule has 0 amide bonds. The van der Waals surface area contributed by atoms with Crippen molar-refractivity contribution in [2.75, 3.05) is 24.3 Å². The first-order valence-electron chi connectivity index (χ1n) is 5.54. The monoisotopic (exact) mass is 291 g/mol. The van der Waals surface area contributed by atoms with E-state index in [-0.39, 0.29) is 11.9 Å². The lowest BCUT2D eigenvalue weighted by Gasteiger charge is -2.29. The van der Waals surface area contributed by atoms with E-state index in [1.807, 2.05) is 30.6 Å². The fourth-order valence-electron chi connectivity index (χ4n) is 1.99. The van der Waals surface area contributed by atoms with Gasteiger partial charge in [-0.25, -0.2) is 4.39 Å². The average Bonchev–Trinajstić information content (AvgIpc) is 2.34. The second kappa shape index (κ2) is 6.32. The van der Waals surface area contributed by atoms with E-state index in [4.69, 9.17) is 11.6 Å². The van der Waals surface area contributed by atoms with Gasteiger partial charge in [-0.3, -0.25) is 0 Å². The predicted molar refractivity (Wildman–Crippen MR) is 76.8 cm³/mol. The highest BCUT2D eigenvalue weighted by Crippen LogP contribution is 2.34. The molecular weight excluding hydrogens is 277 g/mol. The summed E-state index contributed by atoms with van der Waals surface area (Å²) in [7, 11) is 1.89. The molecule has 0 aliphatic carbocycles. The largest absolute Gasteiger partial charge is 0.312 e. The molecular formula is C12H15ClFNS2. The predicted octanol–water partition coefficient (Wildman–Crippen LogP) is 3.59.